The zero-order valence-electron chi connectivity index (χ0n) is 14.8. The molecule has 4 rings (SSSR count). The maximum Gasteiger partial charge on any atom is 0.256 e. The summed E-state index contributed by atoms with van der Waals surface area (Å²) in [5.74, 6) is 2.63. The van der Waals surface area contributed by atoms with E-state index in [2.05, 4.69) is 5.32 Å². The quantitative estimate of drug-likeness (QED) is 0.481. The Morgan fingerprint density at radius 3 is 1.96 bits per heavy atom. The zero-order valence-corrected chi connectivity index (χ0v) is 14.8. The van der Waals surface area contributed by atoms with E-state index in [1.54, 1.807) is 11.1 Å². The third-order valence-corrected chi connectivity index (χ3v) is 5.95. The molecule has 1 amide bonds. The summed E-state index contributed by atoms with van der Waals surface area (Å²) in [7, 11) is 3.70. The lowest BCUT2D eigenvalue weighted by Crippen LogP contribution is -2.56. The van der Waals surface area contributed by atoms with E-state index in [1.807, 2.05) is 27.9 Å². The Kier molecular flexibility index (Phi) is 4.52. The molecular formula is C19H30N2O2. The van der Waals surface area contributed by atoms with Crippen LogP contribution in [0.4, 0.5) is 0 Å². The van der Waals surface area contributed by atoms with Crippen LogP contribution in [0.5, 0.6) is 0 Å². The Bertz CT molecular complexity index is 493. The molecule has 128 valence electrons. The summed E-state index contributed by atoms with van der Waals surface area (Å²) in [5, 5.41) is 3.25. The van der Waals surface area contributed by atoms with Gasteiger partial charge in [0.25, 0.3) is 5.91 Å². The van der Waals surface area contributed by atoms with Gasteiger partial charge in [0.2, 0.25) is 0 Å². The molecule has 0 spiro atoms. The Morgan fingerprint density at radius 1 is 1.00 bits per heavy atom. The molecule has 0 aromatic rings. The molecular weight excluding hydrogens is 288 g/mol. The largest absolute Gasteiger partial charge is 0.383 e. The van der Waals surface area contributed by atoms with Crippen molar-refractivity contribution in [3.63, 3.8) is 0 Å². The molecule has 23 heavy (non-hydrogen) atoms. The number of ketones is 1. The van der Waals surface area contributed by atoms with Crippen LogP contribution in [0.3, 0.4) is 0 Å². The molecule has 4 aliphatic rings. The summed E-state index contributed by atoms with van der Waals surface area (Å²) in [6.45, 7) is 3.70. The maximum atomic E-state index is 12.8. The van der Waals surface area contributed by atoms with Crippen molar-refractivity contribution in [2.24, 2.45) is 29.6 Å². The lowest BCUT2D eigenvalue weighted by Gasteiger charge is -2.54. The van der Waals surface area contributed by atoms with Gasteiger partial charge >= 0.3 is 0 Å². The molecule has 0 heterocycles. The zero-order chi connectivity index (χ0) is 16.7. The predicted octanol–water partition coefficient (Wildman–Crippen LogP) is 2.60. The van der Waals surface area contributed by atoms with E-state index in [4.69, 9.17) is 0 Å². The number of Topliss-reactive ketones (excluding diaryl/α,β-unsaturated/α-hetero) is 1. The number of rotatable bonds is 5. The van der Waals surface area contributed by atoms with Crippen molar-refractivity contribution < 1.29 is 9.59 Å². The molecule has 0 radical (unpaired) electrons. The first-order chi connectivity index (χ1) is 10.8. The van der Waals surface area contributed by atoms with Crippen molar-refractivity contribution in [3.8, 4) is 0 Å². The van der Waals surface area contributed by atoms with Crippen LogP contribution >= 0.6 is 0 Å². The number of carbonyl (C=O) groups excluding carboxylic acids is 2. The molecule has 0 aromatic heterocycles. The van der Waals surface area contributed by atoms with Crippen LogP contribution in [0.2, 0.25) is 0 Å². The third kappa shape index (κ3) is 3.31. The minimum Gasteiger partial charge on any atom is -0.383 e. The fourth-order valence-electron chi connectivity index (χ4n) is 5.19. The van der Waals surface area contributed by atoms with Crippen LogP contribution in [0, 0.1) is 29.6 Å². The molecule has 4 nitrogen and oxygen atoms in total. The normalized spacial score (nSPS) is 35.5. The highest BCUT2D eigenvalue weighted by Gasteiger charge is 2.48. The highest BCUT2D eigenvalue weighted by atomic mass is 16.2. The summed E-state index contributed by atoms with van der Waals surface area (Å²) >= 11 is 0. The minimum absolute atomic E-state index is 0.0694. The Balaban J connectivity index is 1.73. The molecule has 4 aliphatic carbocycles. The van der Waals surface area contributed by atoms with Gasteiger partial charge in [-0.1, -0.05) is 13.8 Å². The van der Waals surface area contributed by atoms with Crippen molar-refractivity contribution in [1.29, 1.82) is 0 Å². The van der Waals surface area contributed by atoms with Crippen molar-refractivity contribution >= 4 is 11.7 Å². The number of hydrogen-bond donors (Lipinski definition) is 1. The van der Waals surface area contributed by atoms with Gasteiger partial charge in [-0.25, -0.2) is 0 Å². The molecule has 4 heteroatoms. The van der Waals surface area contributed by atoms with E-state index in [1.165, 1.54) is 32.1 Å². The number of nitrogens with one attached hydrogen (secondary N) is 1. The van der Waals surface area contributed by atoms with Crippen LogP contribution in [0.1, 0.15) is 46.0 Å². The number of amides is 1. The van der Waals surface area contributed by atoms with Crippen molar-refractivity contribution in [2.45, 2.75) is 52.0 Å². The Morgan fingerprint density at radius 2 is 1.52 bits per heavy atom. The van der Waals surface area contributed by atoms with Crippen LogP contribution in [-0.2, 0) is 9.59 Å². The summed E-state index contributed by atoms with van der Waals surface area (Å²) < 4.78 is 0. The lowest BCUT2D eigenvalue weighted by atomic mass is 9.54. The van der Waals surface area contributed by atoms with Crippen LogP contribution in [-0.4, -0.2) is 36.7 Å². The van der Waals surface area contributed by atoms with Crippen molar-refractivity contribution in [2.75, 3.05) is 14.1 Å². The van der Waals surface area contributed by atoms with Gasteiger partial charge in [-0.3, -0.25) is 9.59 Å². The van der Waals surface area contributed by atoms with E-state index < -0.39 is 0 Å². The summed E-state index contributed by atoms with van der Waals surface area (Å²) in [6.07, 6.45) is 8.15. The van der Waals surface area contributed by atoms with Crippen LogP contribution in [0.25, 0.3) is 0 Å². The first kappa shape index (κ1) is 16.5. The second kappa shape index (κ2) is 6.29. The molecule has 4 saturated carbocycles. The third-order valence-electron chi connectivity index (χ3n) is 5.95. The second-order valence-electron chi connectivity index (χ2n) is 8.46. The maximum absolute atomic E-state index is 12.8. The molecule has 0 saturated heterocycles. The number of nitrogens with zero attached hydrogens (tertiary/aromatic N) is 1. The summed E-state index contributed by atoms with van der Waals surface area (Å²) in [4.78, 5) is 27.0. The van der Waals surface area contributed by atoms with Gasteiger partial charge in [0.05, 0.1) is 5.57 Å². The topological polar surface area (TPSA) is 49.4 Å². The molecule has 0 aliphatic heterocycles. The summed E-state index contributed by atoms with van der Waals surface area (Å²) in [5.41, 5.74) is 0.304. The van der Waals surface area contributed by atoms with Gasteiger partial charge < -0.3 is 10.2 Å². The van der Waals surface area contributed by atoms with E-state index >= 15 is 0 Å². The van der Waals surface area contributed by atoms with E-state index in [0.29, 0.717) is 17.4 Å². The van der Waals surface area contributed by atoms with Gasteiger partial charge in [-0.15, -0.1) is 0 Å². The molecule has 0 aromatic carbocycles. The van der Waals surface area contributed by atoms with E-state index in [9.17, 15) is 9.59 Å². The molecule has 0 atom stereocenters. The average molecular weight is 318 g/mol. The van der Waals surface area contributed by atoms with Crippen LogP contribution < -0.4 is 5.32 Å². The molecule has 4 fully saturated rings. The van der Waals surface area contributed by atoms with Crippen molar-refractivity contribution in [3.05, 3.63) is 11.8 Å². The average Bonchev–Trinajstić information content (AvgIpc) is 2.46. The van der Waals surface area contributed by atoms with Gasteiger partial charge in [-0.2, -0.15) is 0 Å². The predicted molar refractivity (Wildman–Crippen MR) is 90.6 cm³/mol. The standard InChI is InChI=1S/C19H30N2O2/c1-11(2)18(22)16(10-21(3)4)19(23)20-17-14-6-12-5-13(8-14)9-15(17)7-12/h10-15,17H,5-9H2,1-4H3,(H,20,23)/b16-10-. The minimum atomic E-state index is -0.171. The number of hydrogen-bond acceptors (Lipinski definition) is 3. The number of carbonyl (C=O) groups is 2. The SMILES string of the molecule is CC(C)C(=O)/C(=C/N(C)C)C(=O)NC1C2CC3CC(C2)CC1C3. The fourth-order valence-corrected chi connectivity index (χ4v) is 5.19. The molecule has 0 unspecified atom stereocenters. The summed E-state index contributed by atoms with van der Waals surface area (Å²) in [6, 6.07) is 0.279. The monoisotopic (exact) mass is 318 g/mol. The fraction of sp³-hybridized carbons (Fsp3) is 0.789. The van der Waals surface area contributed by atoms with E-state index in [0.717, 1.165) is 11.8 Å². The first-order valence-electron chi connectivity index (χ1n) is 9.08. The highest BCUT2D eigenvalue weighted by Crippen LogP contribution is 2.53. The Labute approximate surface area is 139 Å². The highest BCUT2D eigenvalue weighted by molar-refractivity contribution is 6.19. The van der Waals surface area contributed by atoms with Gasteiger partial charge in [0.15, 0.2) is 5.78 Å². The van der Waals surface area contributed by atoms with E-state index in [-0.39, 0.29) is 23.7 Å². The molecule has 1 N–H and O–H groups in total. The van der Waals surface area contributed by atoms with Gasteiger partial charge in [0.1, 0.15) is 0 Å². The van der Waals surface area contributed by atoms with Crippen LogP contribution in [0.15, 0.2) is 11.8 Å². The second-order valence-corrected chi connectivity index (χ2v) is 8.46. The van der Waals surface area contributed by atoms with Crippen molar-refractivity contribution in [1.82, 2.24) is 10.2 Å². The van der Waals surface area contributed by atoms with Gasteiger partial charge in [0, 0.05) is 32.3 Å². The lowest BCUT2D eigenvalue weighted by molar-refractivity contribution is -0.126. The van der Waals surface area contributed by atoms with Gasteiger partial charge in [-0.05, 0) is 55.8 Å². The molecule has 4 bridgehead atoms. The Hall–Kier alpha value is -1.32. The smallest absolute Gasteiger partial charge is 0.256 e. The first-order valence-corrected chi connectivity index (χ1v) is 9.08.